The largest absolute Gasteiger partial charge is 0.396 e. The predicted molar refractivity (Wildman–Crippen MR) is 46.6 cm³/mol. The van der Waals surface area contributed by atoms with Crippen LogP contribution < -0.4 is 0 Å². The van der Waals surface area contributed by atoms with Crippen LogP contribution in [0.3, 0.4) is 0 Å². The maximum atomic E-state index is 9.24. The fourth-order valence-electron chi connectivity index (χ4n) is 2.74. The van der Waals surface area contributed by atoms with Crippen molar-refractivity contribution in [1.29, 1.82) is 0 Å². The van der Waals surface area contributed by atoms with E-state index >= 15 is 0 Å². The van der Waals surface area contributed by atoms with Crippen LogP contribution in [0.15, 0.2) is 11.6 Å². The van der Waals surface area contributed by atoms with Gasteiger partial charge in [-0.25, -0.2) is 0 Å². The van der Waals surface area contributed by atoms with Crippen LogP contribution >= 0.6 is 0 Å². The molecule has 2 rings (SSSR count). The summed E-state index contributed by atoms with van der Waals surface area (Å²) < 4.78 is 0. The maximum Gasteiger partial charge on any atom is 0.0515 e. The van der Waals surface area contributed by atoms with Crippen LogP contribution in [0.5, 0.6) is 0 Å². The van der Waals surface area contributed by atoms with E-state index in [-0.39, 0.29) is 18.6 Å². The minimum absolute atomic E-state index is 0.133. The predicted octanol–water partition coefficient (Wildman–Crippen LogP) is 0.944. The standard InChI is InChI=1S/C10H16O2/c1-7-2-9-3-8(7)4-10(9,5-11)6-12/h2,8-9,11-12H,3-6H2,1H3. The average Bonchev–Trinajstić information content (AvgIpc) is 2.60. The first kappa shape index (κ1) is 8.27. The van der Waals surface area contributed by atoms with Crippen molar-refractivity contribution in [2.75, 3.05) is 13.2 Å². The molecule has 2 aliphatic rings. The SMILES string of the molecule is CC1=CC2CC1CC2(CO)CO. The molecule has 2 heteroatoms. The van der Waals surface area contributed by atoms with Crippen molar-refractivity contribution < 1.29 is 10.2 Å². The van der Waals surface area contributed by atoms with Crippen molar-refractivity contribution in [2.24, 2.45) is 17.3 Å². The highest BCUT2D eigenvalue weighted by atomic mass is 16.3. The van der Waals surface area contributed by atoms with Gasteiger partial charge >= 0.3 is 0 Å². The second kappa shape index (κ2) is 2.57. The van der Waals surface area contributed by atoms with Gasteiger partial charge in [-0.3, -0.25) is 0 Å². The van der Waals surface area contributed by atoms with Gasteiger partial charge in [-0.05, 0) is 31.6 Å². The molecule has 0 saturated heterocycles. The van der Waals surface area contributed by atoms with E-state index in [1.165, 1.54) is 5.57 Å². The molecule has 0 aromatic heterocycles. The fraction of sp³-hybridized carbons (Fsp3) is 0.800. The lowest BCUT2D eigenvalue weighted by atomic mass is 9.76. The normalized spacial score (nSPS) is 37.1. The smallest absolute Gasteiger partial charge is 0.0515 e. The monoisotopic (exact) mass is 168 g/mol. The van der Waals surface area contributed by atoms with Gasteiger partial charge in [0.15, 0.2) is 0 Å². The lowest BCUT2D eigenvalue weighted by molar-refractivity contribution is 0.0327. The van der Waals surface area contributed by atoms with Crippen LogP contribution in [0.25, 0.3) is 0 Å². The molecule has 0 amide bonds. The first-order valence-electron chi connectivity index (χ1n) is 4.62. The third-order valence-electron chi connectivity index (χ3n) is 3.72. The van der Waals surface area contributed by atoms with E-state index < -0.39 is 0 Å². The Morgan fingerprint density at radius 1 is 1.50 bits per heavy atom. The third-order valence-corrected chi connectivity index (χ3v) is 3.72. The van der Waals surface area contributed by atoms with Gasteiger partial charge < -0.3 is 10.2 Å². The van der Waals surface area contributed by atoms with Gasteiger partial charge in [-0.1, -0.05) is 11.6 Å². The van der Waals surface area contributed by atoms with Crippen LogP contribution in [-0.4, -0.2) is 23.4 Å². The number of fused-ring (bicyclic) bond motifs is 2. The van der Waals surface area contributed by atoms with Crippen LogP contribution in [0.1, 0.15) is 19.8 Å². The Morgan fingerprint density at radius 3 is 2.50 bits per heavy atom. The molecule has 0 heterocycles. The van der Waals surface area contributed by atoms with E-state index in [4.69, 9.17) is 0 Å². The summed E-state index contributed by atoms with van der Waals surface area (Å²) in [4.78, 5) is 0. The summed E-state index contributed by atoms with van der Waals surface area (Å²) in [6.07, 6.45) is 4.36. The molecule has 0 radical (unpaired) electrons. The Bertz CT molecular complexity index is 216. The van der Waals surface area contributed by atoms with Gasteiger partial charge in [0, 0.05) is 5.41 Å². The summed E-state index contributed by atoms with van der Waals surface area (Å²) in [6.45, 7) is 2.42. The maximum absolute atomic E-state index is 9.24. The molecule has 2 atom stereocenters. The van der Waals surface area contributed by atoms with E-state index in [1.807, 2.05) is 0 Å². The molecule has 0 aliphatic heterocycles. The van der Waals surface area contributed by atoms with E-state index in [1.54, 1.807) is 0 Å². The summed E-state index contributed by atoms with van der Waals surface area (Å²) in [6, 6.07) is 0. The lowest BCUT2D eigenvalue weighted by Crippen LogP contribution is -2.34. The Kier molecular flexibility index (Phi) is 1.77. The third kappa shape index (κ3) is 0.882. The van der Waals surface area contributed by atoms with Crippen LogP contribution in [-0.2, 0) is 0 Å². The molecule has 2 bridgehead atoms. The molecular weight excluding hydrogens is 152 g/mol. The minimum Gasteiger partial charge on any atom is -0.396 e. The van der Waals surface area contributed by atoms with Gasteiger partial charge in [0.2, 0.25) is 0 Å². The number of hydrogen-bond donors (Lipinski definition) is 2. The minimum atomic E-state index is -0.190. The van der Waals surface area contributed by atoms with E-state index in [0.717, 1.165) is 12.8 Å². The zero-order chi connectivity index (χ0) is 8.77. The highest BCUT2D eigenvalue weighted by molar-refractivity contribution is 5.22. The summed E-state index contributed by atoms with van der Waals surface area (Å²) >= 11 is 0. The molecule has 12 heavy (non-hydrogen) atoms. The summed E-state index contributed by atoms with van der Waals surface area (Å²) in [5.74, 6) is 1.06. The van der Waals surface area contributed by atoms with Crippen molar-refractivity contribution in [2.45, 2.75) is 19.8 Å². The summed E-state index contributed by atoms with van der Waals surface area (Å²) in [5, 5.41) is 18.5. The molecule has 0 spiro atoms. The zero-order valence-corrected chi connectivity index (χ0v) is 7.45. The number of allylic oxidation sites excluding steroid dienone is 2. The molecule has 68 valence electrons. The highest BCUT2D eigenvalue weighted by Crippen LogP contribution is 2.54. The summed E-state index contributed by atoms with van der Waals surface area (Å²) in [5.41, 5.74) is 1.27. The molecule has 2 nitrogen and oxygen atoms in total. The average molecular weight is 168 g/mol. The van der Waals surface area contributed by atoms with Gasteiger partial charge in [-0.2, -0.15) is 0 Å². The lowest BCUT2D eigenvalue weighted by Gasteiger charge is -2.32. The molecule has 1 saturated carbocycles. The van der Waals surface area contributed by atoms with Crippen LogP contribution in [0.2, 0.25) is 0 Å². The first-order chi connectivity index (χ1) is 5.72. The Labute approximate surface area is 72.9 Å². The van der Waals surface area contributed by atoms with Gasteiger partial charge in [0.1, 0.15) is 0 Å². The molecule has 0 aromatic rings. The number of rotatable bonds is 2. The first-order valence-corrected chi connectivity index (χ1v) is 4.62. The summed E-state index contributed by atoms with van der Waals surface area (Å²) in [7, 11) is 0. The highest BCUT2D eigenvalue weighted by Gasteiger charge is 2.49. The molecule has 2 unspecified atom stereocenters. The van der Waals surface area contributed by atoms with Gasteiger partial charge in [0.25, 0.3) is 0 Å². The van der Waals surface area contributed by atoms with Gasteiger partial charge in [0.05, 0.1) is 13.2 Å². The van der Waals surface area contributed by atoms with Gasteiger partial charge in [-0.15, -0.1) is 0 Å². The quantitative estimate of drug-likeness (QED) is 0.602. The fourth-order valence-corrected chi connectivity index (χ4v) is 2.74. The van der Waals surface area contributed by atoms with Crippen molar-refractivity contribution in [3.63, 3.8) is 0 Å². The molecule has 2 N–H and O–H groups in total. The van der Waals surface area contributed by atoms with Crippen molar-refractivity contribution >= 4 is 0 Å². The molecule has 1 fully saturated rings. The molecule has 0 aromatic carbocycles. The molecule has 2 aliphatic carbocycles. The topological polar surface area (TPSA) is 40.5 Å². The van der Waals surface area contributed by atoms with Crippen LogP contribution in [0, 0.1) is 17.3 Å². The van der Waals surface area contributed by atoms with Crippen molar-refractivity contribution in [3.05, 3.63) is 11.6 Å². The van der Waals surface area contributed by atoms with Crippen molar-refractivity contribution in [3.8, 4) is 0 Å². The second-order valence-corrected chi connectivity index (χ2v) is 4.33. The van der Waals surface area contributed by atoms with E-state index in [9.17, 15) is 10.2 Å². The number of aliphatic hydroxyl groups is 2. The zero-order valence-electron chi connectivity index (χ0n) is 7.45. The number of aliphatic hydroxyl groups excluding tert-OH is 2. The molecular formula is C10H16O2. The Morgan fingerprint density at radius 2 is 2.17 bits per heavy atom. The Balaban J connectivity index is 2.24. The van der Waals surface area contributed by atoms with Crippen molar-refractivity contribution in [1.82, 2.24) is 0 Å². The second-order valence-electron chi connectivity index (χ2n) is 4.33. The number of hydrogen-bond acceptors (Lipinski definition) is 2. The Hall–Kier alpha value is -0.340. The van der Waals surface area contributed by atoms with E-state index in [0.29, 0.717) is 11.8 Å². The van der Waals surface area contributed by atoms with Crippen LogP contribution in [0.4, 0.5) is 0 Å². The van der Waals surface area contributed by atoms with E-state index in [2.05, 4.69) is 13.0 Å².